The molecule has 2 aliphatic heterocycles. The third-order valence-electron chi connectivity index (χ3n) is 6.46. The summed E-state index contributed by atoms with van der Waals surface area (Å²) in [7, 11) is 0. The number of fused-ring (bicyclic) bond motifs is 1. The summed E-state index contributed by atoms with van der Waals surface area (Å²) < 4.78 is 5.32. The highest BCUT2D eigenvalue weighted by atomic mass is 16.5. The van der Waals surface area contributed by atoms with Crippen LogP contribution in [0.2, 0.25) is 0 Å². The van der Waals surface area contributed by atoms with Gasteiger partial charge >= 0.3 is 5.97 Å². The maximum absolute atomic E-state index is 12.6. The topological polar surface area (TPSA) is 53.9 Å². The Hall–Kier alpha value is -3.18. The van der Waals surface area contributed by atoms with Gasteiger partial charge in [-0.1, -0.05) is 42.0 Å². The van der Waals surface area contributed by atoms with Crippen molar-refractivity contribution in [2.75, 3.05) is 26.2 Å². The Balaban J connectivity index is 1.60. The van der Waals surface area contributed by atoms with E-state index in [9.17, 15) is 4.79 Å². The number of nitrogens with zero attached hydrogens (tertiary/aromatic N) is 2. The first-order chi connectivity index (χ1) is 16.6. The lowest BCUT2D eigenvalue weighted by Gasteiger charge is -2.15. The van der Waals surface area contributed by atoms with E-state index in [2.05, 4.69) is 59.6 Å². The standard InChI is InChI=1S/C29H35N3O2/c1-4-21(3)19-30-28-18-26(29(33)34-5-2)17-25-16-24(12-13-27(25)31-28)23-10-8-22(9-11-23)20-32-14-6-7-15-32/h4,8-13,16-17H,5-7,14-15,18-20H2,1-3H3,(H,30,31)/b21-4+. The van der Waals surface area contributed by atoms with Gasteiger partial charge in [0, 0.05) is 30.6 Å². The van der Waals surface area contributed by atoms with Gasteiger partial charge in [0.1, 0.15) is 5.84 Å². The van der Waals surface area contributed by atoms with E-state index < -0.39 is 0 Å². The molecule has 178 valence electrons. The van der Waals surface area contributed by atoms with Gasteiger partial charge in [0.25, 0.3) is 0 Å². The molecule has 0 aliphatic carbocycles. The van der Waals surface area contributed by atoms with E-state index >= 15 is 0 Å². The summed E-state index contributed by atoms with van der Waals surface area (Å²) in [6, 6.07) is 15.1. The van der Waals surface area contributed by atoms with Crippen molar-refractivity contribution in [3.05, 3.63) is 70.8 Å². The Morgan fingerprint density at radius 2 is 1.85 bits per heavy atom. The van der Waals surface area contributed by atoms with Crippen LogP contribution in [0.25, 0.3) is 17.2 Å². The average molecular weight is 458 g/mol. The number of hydrogen-bond donors (Lipinski definition) is 1. The number of carbonyl (C=O) groups excluding carboxylic acids is 1. The highest BCUT2D eigenvalue weighted by Gasteiger charge is 2.19. The summed E-state index contributed by atoms with van der Waals surface area (Å²) in [5.41, 5.74) is 7.24. The van der Waals surface area contributed by atoms with Crippen LogP contribution in [0.1, 0.15) is 51.2 Å². The highest BCUT2D eigenvalue weighted by Crippen LogP contribution is 2.32. The van der Waals surface area contributed by atoms with Crippen molar-refractivity contribution >= 4 is 23.6 Å². The van der Waals surface area contributed by atoms with Crippen molar-refractivity contribution in [1.29, 1.82) is 0 Å². The molecule has 2 aromatic rings. The summed E-state index contributed by atoms with van der Waals surface area (Å²) in [6.07, 6.45) is 7.04. The molecule has 0 aromatic heterocycles. The largest absolute Gasteiger partial charge is 0.463 e. The summed E-state index contributed by atoms with van der Waals surface area (Å²) in [4.78, 5) is 20.0. The van der Waals surface area contributed by atoms with Gasteiger partial charge < -0.3 is 10.1 Å². The van der Waals surface area contributed by atoms with Crippen LogP contribution >= 0.6 is 0 Å². The molecule has 0 radical (unpaired) electrons. The Morgan fingerprint density at radius 3 is 2.56 bits per heavy atom. The predicted octanol–water partition coefficient (Wildman–Crippen LogP) is 5.89. The number of aliphatic imine (C=N–C) groups is 1. The predicted molar refractivity (Wildman–Crippen MR) is 140 cm³/mol. The van der Waals surface area contributed by atoms with Gasteiger partial charge in [-0.3, -0.25) is 4.90 Å². The Morgan fingerprint density at radius 1 is 1.12 bits per heavy atom. The van der Waals surface area contributed by atoms with Crippen LogP contribution in [0.4, 0.5) is 5.69 Å². The van der Waals surface area contributed by atoms with Crippen molar-refractivity contribution in [2.24, 2.45) is 4.99 Å². The van der Waals surface area contributed by atoms with E-state index in [0.29, 0.717) is 25.1 Å². The van der Waals surface area contributed by atoms with Crippen LogP contribution < -0.4 is 5.32 Å². The molecule has 0 unspecified atom stereocenters. The molecule has 2 heterocycles. The van der Waals surface area contributed by atoms with Crippen molar-refractivity contribution < 1.29 is 9.53 Å². The molecule has 1 fully saturated rings. The lowest BCUT2D eigenvalue weighted by Crippen LogP contribution is -2.26. The van der Waals surface area contributed by atoms with E-state index in [0.717, 1.165) is 34.8 Å². The molecule has 0 spiro atoms. The van der Waals surface area contributed by atoms with Crippen LogP contribution in [0.3, 0.4) is 0 Å². The summed E-state index contributed by atoms with van der Waals surface area (Å²) in [6.45, 7) is 10.4. The number of likely N-dealkylation sites (tertiary alicyclic amines) is 1. The lowest BCUT2D eigenvalue weighted by atomic mass is 9.99. The van der Waals surface area contributed by atoms with Gasteiger partial charge in [-0.2, -0.15) is 0 Å². The molecule has 0 amide bonds. The maximum atomic E-state index is 12.6. The second kappa shape index (κ2) is 11.3. The zero-order chi connectivity index (χ0) is 23.9. The van der Waals surface area contributed by atoms with Gasteiger partial charge in [0.2, 0.25) is 0 Å². The molecule has 0 bridgehead atoms. The Bertz CT molecular complexity index is 1110. The molecule has 5 nitrogen and oxygen atoms in total. The second-order valence-corrected chi connectivity index (χ2v) is 9.07. The number of amidine groups is 1. The van der Waals surface area contributed by atoms with Crippen LogP contribution in [0.5, 0.6) is 0 Å². The third-order valence-corrected chi connectivity index (χ3v) is 6.46. The van der Waals surface area contributed by atoms with E-state index in [1.165, 1.54) is 37.1 Å². The molecule has 5 heteroatoms. The SMILES string of the molecule is C/C=C(\C)CNC1=Nc2ccc(-c3ccc(CN4CCCC4)cc3)cc2C=C(C(=O)OCC)C1. The minimum absolute atomic E-state index is 0.288. The number of hydrogen-bond acceptors (Lipinski definition) is 5. The monoisotopic (exact) mass is 457 g/mol. The second-order valence-electron chi connectivity index (χ2n) is 9.07. The number of benzene rings is 2. The molecule has 0 atom stereocenters. The zero-order valence-electron chi connectivity index (χ0n) is 20.6. The van der Waals surface area contributed by atoms with Crippen LogP contribution in [-0.2, 0) is 16.1 Å². The number of nitrogens with one attached hydrogen (secondary N) is 1. The number of esters is 1. The zero-order valence-corrected chi connectivity index (χ0v) is 20.6. The number of carbonyl (C=O) groups is 1. The van der Waals surface area contributed by atoms with Crippen LogP contribution in [0, 0.1) is 0 Å². The molecule has 1 saturated heterocycles. The minimum atomic E-state index is -0.288. The molecule has 2 aromatic carbocycles. The van der Waals surface area contributed by atoms with Crippen molar-refractivity contribution in [2.45, 2.75) is 46.6 Å². The lowest BCUT2D eigenvalue weighted by molar-refractivity contribution is -0.138. The third kappa shape index (κ3) is 6.03. The van der Waals surface area contributed by atoms with Crippen molar-refractivity contribution in [3.63, 3.8) is 0 Å². The maximum Gasteiger partial charge on any atom is 0.334 e. The molecule has 2 aliphatic rings. The number of rotatable bonds is 7. The Kier molecular flexibility index (Phi) is 7.96. The van der Waals surface area contributed by atoms with Gasteiger partial charge in [0.15, 0.2) is 0 Å². The first-order valence-corrected chi connectivity index (χ1v) is 12.3. The fourth-order valence-electron chi connectivity index (χ4n) is 4.36. The van der Waals surface area contributed by atoms with E-state index in [4.69, 9.17) is 9.73 Å². The summed E-state index contributed by atoms with van der Waals surface area (Å²) in [5, 5.41) is 3.39. The Labute approximate surface area is 203 Å². The van der Waals surface area contributed by atoms with Crippen molar-refractivity contribution in [3.8, 4) is 11.1 Å². The van der Waals surface area contributed by atoms with Gasteiger partial charge in [-0.25, -0.2) is 9.79 Å². The smallest absolute Gasteiger partial charge is 0.334 e. The number of allylic oxidation sites excluding steroid dienone is 1. The van der Waals surface area contributed by atoms with E-state index in [1.54, 1.807) is 0 Å². The van der Waals surface area contributed by atoms with Crippen LogP contribution in [0.15, 0.2) is 64.7 Å². The fourth-order valence-corrected chi connectivity index (χ4v) is 4.36. The van der Waals surface area contributed by atoms with Gasteiger partial charge in [0.05, 0.1) is 12.3 Å². The summed E-state index contributed by atoms with van der Waals surface area (Å²) >= 11 is 0. The van der Waals surface area contributed by atoms with Crippen molar-refractivity contribution in [1.82, 2.24) is 10.2 Å². The quantitative estimate of drug-likeness (QED) is 0.416. The van der Waals surface area contributed by atoms with E-state index in [1.807, 2.05) is 26.0 Å². The molecule has 34 heavy (non-hydrogen) atoms. The normalized spacial score (nSPS) is 16.4. The van der Waals surface area contributed by atoms with Gasteiger partial charge in [-0.15, -0.1) is 0 Å². The molecular formula is C29H35N3O2. The molecule has 0 saturated carbocycles. The highest BCUT2D eigenvalue weighted by molar-refractivity contribution is 6.03. The van der Waals surface area contributed by atoms with Gasteiger partial charge in [-0.05, 0) is 81.6 Å². The number of ether oxygens (including phenoxy) is 1. The first kappa shape index (κ1) is 24.0. The molecular weight excluding hydrogens is 422 g/mol. The molecule has 1 N–H and O–H groups in total. The minimum Gasteiger partial charge on any atom is -0.463 e. The fraction of sp³-hybridized carbons (Fsp3) is 0.379. The summed E-state index contributed by atoms with van der Waals surface area (Å²) in [5.74, 6) is 0.488. The first-order valence-electron chi connectivity index (χ1n) is 12.3. The van der Waals surface area contributed by atoms with Crippen LogP contribution in [-0.4, -0.2) is 42.9 Å². The average Bonchev–Trinajstić information content (AvgIpc) is 3.28. The van der Waals surface area contributed by atoms with E-state index in [-0.39, 0.29) is 5.97 Å². The molecule has 4 rings (SSSR count).